The van der Waals surface area contributed by atoms with Crippen LogP contribution in [0.3, 0.4) is 0 Å². The van der Waals surface area contributed by atoms with Gasteiger partial charge in [0.1, 0.15) is 5.82 Å². The maximum Gasteiger partial charge on any atom is 0.258 e. The van der Waals surface area contributed by atoms with E-state index in [0.717, 1.165) is 25.2 Å². The van der Waals surface area contributed by atoms with Crippen LogP contribution < -0.4 is 19.7 Å². The average Bonchev–Trinajstić information content (AvgIpc) is 2.77. The Morgan fingerprint density at radius 1 is 1.08 bits per heavy atom. The van der Waals surface area contributed by atoms with E-state index in [9.17, 15) is 21.6 Å². The fraction of sp³-hybridized carbons (Fsp3) is 0.500. The number of sulfonamides is 2. The molecule has 38 heavy (non-hydrogen) atoms. The van der Waals surface area contributed by atoms with Gasteiger partial charge in [0.15, 0.2) is 5.03 Å². The van der Waals surface area contributed by atoms with E-state index in [0.29, 0.717) is 11.3 Å². The molecule has 0 bridgehead atoms. The molecular weight excluding hydrogens is 547 g/mol. The summed E-state index contributed by atoms with van der Waals surface area (Å²) in [5, 5.41) is 11.5. The van der Waals surface area contributed by atoms with Crippen LogP contribution in [-0.2, 0) is 20.0 Å². The van der Waals surface area contributed by atoms with E-state index in [-0.39, 0.29) is 16.5 Å². The predicted octanol–water partition coefficient (Wildman–Crippen LogP) is 2.67. The van der Waals surface area contributed by atoms with E-state index in [1.54, 1.807) is 26.8 Å². The number of carbonyl (C=O) groups is 1. The molecule has 3 rings (SSSR count). The molecule has 0 unspecified atom stereocenters. The van der Waals surface area contributed by atoms with E-state index in [1.165, 1.54) is 30.3 Å². The Morgan fingerprint density at radius 3 is 2.34 bits per heavy atom. The van der Waals surface area contributed by atoms with E-state index in [4.69, 9.17) is 5.11 Å². The highest BCUT2D eigenvalue weighted by molar-refractivity contribution is 7.92. The molecule has 1 aromatic carbocycles. The lowest BCUT2D eigenvalue weighted by molar-refractivity contribution is 0.102. The summed E-state index contributed by atoms with van der Waals surface area (Å²) in [6.07, 6.45) is 0. The number of amides is 1. The van der Waals surface area contributed by atoms with Crippen LogP contribution >= 0.6 is 0 Å². The highest BCUT2D eigenvalue weighted by Gasteiger charge is 2.30. The Bertz CT molecular complexity index is 1380. The molecule has 4 N–H and O–H groups in total. The second-order valence-corrected chi connectivity index (χ2v) is 20.0. The van der Waals surface area contributed by atoms with Crippen molar-refractivity contribution in [3.63, 3.8) is 0 Å². The molecule has 1 saturated heterocycles. The average molecular weight is 584 g/mol. The normalized spacial score (nSPS) is 16.2. The highest BCUT2D eigenvalue weighted by Crippen LogP contribution is 2.32. The maximum atomic E-state index is 13.4. The van der Waals surface area contributed by atoms with Crippen LogP contribution in [0, 0.1) is 0 Å². The van der Waals surface area contributed by atoms with Gasteiger partial charge in [0, 0.05) is 18.6 Å². The minimum atomic E-state index is -3.90. The molecule has 2 heterocycles. The molecule has 0 radical (unpaired) electrons. The Balaban J connectivity index is 1.93. The number of pyridine rings is 1. The van der Waals surface area contributed by atoms with Gasteiger partial charge in [0.05, 0.1) is 37.4 Å². The van der Waals surface area contributed by atoms with Gasteiger partial charge in [-0.3, -0.25) is 9.52 Å². The molecule has 11 nitrogen and oxygen atoms in total. The topological polar surface area (TPSA) is 158 Å². The van der Waals surface area contributed by atoms with Crippen molar-refractivity contribution in [2.75, 3.05) is 40.4 Å². The number of benzene rings is 1. The Hall–Kier alpha value is -2.52. The first-order valence-corrected chi connectivity index (χ1v) is 18.9. The Labute approximate surface area is 226 Å². The SMILES string of the molecule is CC(C)(C)NS(=O)(=O)c1cccc(NC(=O)c2ccc(NS(=O)(=O)CCO)cc2N2CC[Si](C)(C)CC2)n1. The van der Waals surface area contributed by atoms with Crippen LogP contribution in [0.5, 0.6) is 0 Å². The van der Waals surface area contributed by atoms with Crippen LogP contribution in [0.25, 0.3) is 0 Å². The summed E-state index contributed by atoms with van der Waals surface area (Å²) < 4.78 is 54.8. The van der Waals surface area contributed by atoms with Crippen molar-refractivity contribution < 1.29 is 26.7 Å². The summed E-state index contributed by atoms with van der Waals surface area (Å²) in [5.41, 5.74) is 0.446. The first-order chi connectivity index (χ1) is 17.5. The third kappa shape index (κ3) is 8.24. The number of hydrogen-bond donors (Lipinski definition) is 4. The van der Waals surface area contributed by atoms with Crippen LogP contribution in [0.1, 0.15) is 31.1 Å². The van der Waals surface area contributed by atoms with E-state index in [1.807, 2.05) is 0 Å². The van der Waals surface area contributed by atoms with E-state index in [2.05, 4.69) is 37.7 Å². The van der Waals surface area contributed by atoms with Crippen molar-refractivity contribution >= 4 is 51.2 Å². The second-order valence-electron chi connectivity index (χ2n) is 11.2. The van der Waals surface area contributed by atoms with Crippen molar-refractivity contribution in [3.05, 3.63) is 42.0 Å². The van der Waals surface area contributed by atoms with Gasteiger partial charge in [-0.2, -0.15) is 0 Å². The zero-order valence-corrected chi connectivity index (χ0v) is 25.0. The number of nitrogens with zero attached hydrogens (tertiary/aromatic N) is 2. The number of carbonyl (C=O) groups excluding carboxylic acids is 1. The molecule has 0 aliphatic carbocycles. The third-order valence-electron chi connectivity index (χ3n) is 6.01. The Kier molecular flexibility index (Phi) is 8.93. The zero-order valence-electron chi connectivity index (χ0n) is 22.4. The molecular formula is C24H37N5O6S2Si. The second kappa shape index (κ2) is 11.3. The van der Waals surface area contributed by atoms with E-state index < -0.39 is 51.9 Å². The largest absolute Gasteiger partial charge is 0.395 e. The van der Waals surface area contributed by atoms with Gasteiger partial charge in [-0.15, -0.1) is 0 Å². The number of nitrogens with one attached hydrogen (secondary N) is 3. The first kappa shape index (κ1) is 30.0. The molecule has 1 fully saturated rings. The molecule has 210 valence electrons. The standard InChI is InChI=1S/C24H37N5O6S2Si/c1-24(2,3)28-37(34,35)22-8-6-7-21(25-22)26-23(31)19-10-9-18(27-36(32,33)14-13-30)17-20(19)29-11-15-38(4,5)16-12-29/h6-10,17,27-28,30H,11-16H2,1-5H3,(H,25,26,31). The molecule has 1 aliphatic heterocycles. The molecule has 14 heteroatoms. The van der Waals surface area contributed by atoms with Crippen molar-refractivity contribution in [1.82, 2.24) is 9.71 Å². The third-order valence-corrected chi connectivity index (χ3v) is 12.1. The lowest BCUT2D eigenvalue weighted by Gasteiger charge is -2.38. The van der Waals surface area contributed by atoms with Crippen LogP contribution in [-0.4, -0.2) is 71.9 Å². The molecule has 0 saturated carbocycles. The van der Waals surface area contributed by atoms with Crippen LogP contribution in [0.2, 0.25) is 25.2 Å². The van der Waals surface area contributed by atoms with Gasteiger partial charge in [-0.1, -0.05) is 19.2 Å². The molecule has 2 aromatic rings. The minimum absolute atomic E-state index is 0.0673. The van der Waals surface area contributed by atoms with Gasteiger partial charge in [0.2, 0.25) is 10.0 Å². The first-order valence-electron chi connectivity index (χ1n) is 12.3. The van der Waals surface area contributed by atoms with Crippen LogP contribution in [0.4, 0.5) is 17.2 Å². The monoisotopic (exact) mass is 583 g/mol. The predicted molar refractivity (Wildman–Crippen MR) is 153 cm³/mol. The van der Waals surface area contributed by atoms with Crippen molar-refractivity contribution in [1.29, 1.82) is 0 Å². The summed E-state index contributed by atoms with van der Waals surface area (Å²) in [5.74, 6) is -0.876. The molecule has 1 amide bonds. The summed E-state index contributed by atoms with van der Waals surface area (Å²) in [4.78, 5) is 19.6. The van der Waals surface area contributed by atoms with Gasteiger partial charge < -0.3 is 15.3 Å². The number of aromatic nitrogens is 1. The number of hydrogen-bond acceptors (Lipinski definition) is 8. The fourth-order valence-corrected chi connectivity index (χ4v) is 8.24. The zero-order chi connectivity index (χ0) is 28.4. The molecule has 0 atom stereocenters. The fourth-order valence-electron chi connectivity index (χ4n) is 4.03. The van der Waals surface area contributed by atoms with Gasteiger partial charge >= 0.3 is 0 Å². The molecule has 0 spiro atoms. The summed E-state index contributed by atoms with van der Waals surface area (Å²) in [6.45, 7) is 10.7. The number of anilines is 3. The summed E-state index contributed by atoms with van der Waals surface area (Å²) in [7, 11) is -8.98. The molecule has 1 aliphatic rings. The lowest BCUT2D eigenvalue weighted by Crippen LogP contribution is -2.43. The van der Waals surface area contributed by atoms with Gasteiger partial charge in [-0.25, -0.2) is 26.5 Å². The maximum absolute atomic E-state index is 13.4. The molecule has 1 aromatic heterocycles. The highest BCUT2D eigenvalue weighted by atomic mass is 32.2. The minimum Gasteiger partial charge on any atom is -0.395 e. The smallest absolute Gasteiger partial charge is 0.258 e. The van der Waals surface area contributed by atoms with Crippen LogP contribution in [0.15, 0.2) is 41.4 Å². The van der Waals surface area contributed by atoms with Gasteiger partial charge in [0.25, 0.3) is 15.9 Å². The number of aliphatic hydroxyl groups is 1. The summed E-state index contributed by atoms with van der Waals surface area (Å²) >= 11 is 0. The quantitative estimate of drug-likeness (QED) is 0.328. The number of aliphatic hydroxyl groups excluding tert-OH is 1. The lowest BCUT2D eigenvalue weighted by atomic mass is 10.1. The Morgan fingerprint density at radius 2 is 1.74 bits per heavy atom. The van der Waals surface area contributed by atoms with Crippen molar-refractivity contribution in [3.8, 4) is 0 Å². The van der Waals surface area contributed by atoms with Crippen molar-refractivity contribution in [2.45, 2.75) is 56.5 Å². The van der Waals surface area contributed by atoms with Crippen molar-refractivity contribution in [2.24, 2.45) is 0 Å². The van der Waals surface area contributed by atoms with Gasteiger partial charge in [-0.05, 0) is 63.2 Å². The number of rotatable bonds is 9. The van der Waals surface area contributed by atoms with E-state index >= 15 is 0 Å². The summed E-state index contributed by atoms with van der Waals surface area (Å²) in [6, 6.07) is 11.0.